The van der Waals surface area contributed by atoms with Gasteiger partial charge in [-0.25, -0.2) is 14.8 Å². The largest absolute Gasteiger partial charge is 0.417 e. The molecule has 1 aromatic carbocycles. The van der Waals surface area contributed by atoms with Gasteiger partial charge in [0, 0.05) is 19.3 Å². The number of alkyl halides is 3. The first-order valence-electron chi connectivity index (χ1n) is 11.0. The molecular formula is C22H19ClF3N7O4. The minimum Gasteiger partial charge on any atom is -0.381 e. The number of urea groups is 1. The van der Waals surface area contributed by atoms with Crippen LogP contribution in [0.4, 0.5) is 29.5 Å². The number of para-hydroxylation sites is 1. The lowest BCUT2D eigenvalue weighted by Gasteiger charge is -2.26. The van der Waals surface area contributed by atoms with Gasteiger partial charge in [-0.05, 0) is 25.1 Å². The van der Waals surface area contributed by atoms with Crippen molar-refractivity contribution < 1.29 is 32.4 Å². The van der Waals surface area contributed by atoms with Crippen LogP contribution in [0.3, 0.4) is 0 Å². The summed E-state index contributed by atoms with van der Waals surface area (Å²) in [5, 5.41) is 10.4. The minimum atomic E-state index is -4.59. The second-order valence-electron chi connectivity index (χ2n) is 8.63. The first-order chi connectivity index (χ1) is 17.5. The molecule has 0 radical (unpaired) electrons. The number of hydrogen-bond acceptors (Lipinski definition) is 8. The van der Waals surface area contributed by atoms with E-state index in [2.05, 4.69) is 26.2 Å². The quantitative estimate of drug-likeness (QED) is 0.483. The lowest BCUT2D eigenvalue weighted by atomic mass is 9.91. The number of benzene rings is 1. The number of anilines is 2. The number of oxime groups is 1. The van der Waals surface area contributed by atoms with Gasteiger partial charge >= 0.3 is 12.2 Å². The average Bonchev–Trinajstić information content (AvgIpc) is 3.49. The maximum Gasteiger partial charge on any atom is 0.417 e. The molecule has 0 saturated carbocycles. The summed E-state index contributed by atoms with van der Waals surface area (Å²) in [5.41, 5.74) is 1.36. The number of amides is 4. The number of rotatable bonds is 6. The molecule has 4 heterocycles. The maximum absolute atomic E-state index is 13.2. The summed E-state index contributed by atoms with van der Waals surface area (Å²) >= 11 is 5.89. The Labute approximate surface area is 212 Å². The van der Waals surface area contributed by atoms with Crippen LogP contribution in [0, 0.1) is 5.92 Å². The highest BCUT2D eigenvalue weighted by atomic mass is 35.5. The zero-order chi connectivity index (χ0) is 26.5. The van der Waals surface area contributed by atoms with E-state index in [1.54, 1.807) is 37.3 Å². The number of imide groups is 1. The van der Waals surface area contributed by atoms with Crippen molar-refractivity contribution in [2.45, 2.75) is 24.9 Å². The van der Waals surface area contributed by atoms with Crippen LogP contribution in [0.1, 0.15) is 12.5 Å². The van der Waals surface area contributed by atoms with Crippen molar-refractivity contribution in [2.24, 2.45) is 11.1 Å². The van der Waals surface area contributed by atoms with Crippen molar-refractivity contribution in [3.05, 3.63) is 53.2 Å². The number of halogens is 4. The molecule has 11 nitrogen and oxygen atoms in total. The summed E-state index contributed by atoms with van der Waals surface area (Å²) in [4.78, 5) is 48.6. The van der Waals surface area contributed by atoms with Gasteiger partial charge in [0.2, 0.25) is 12.0 Å². The van der Waals surface area contributed by atoms with Gasteiger partial charge in [-0.3, -0.25) is 14.5 Å². The Balaban J connectivity index is 1.26. The molecule has 3 aliphatic rings. The average molecular weight is 538 g/mol. The first kappa shape index (κ1) is 24.8. The molecule has 1 aromatic heterocycles. The molecule has 4 amide bonds. The number of nitrogens with zero attached hydrogens (tertiary/aromatic N) is 4. The standard InChI is InChI=1S/C22H19ClF3N7O4/c1-21(29-20(36)33(31-21)12-5-3-2-4-6-12)16-14-15(37-30-16)19(35)32(18(14)34)8-7-27-17-13(23)9-11(10-28-17)22(24,25)26/h2-6,9-10,14-15,31H,7-8H2,1H3,(H,27,28)(H,29,36)/t14-,15+,21+/m0/s1. The van der Waals surface area contributed by atoms with Crippen molar-refractivity contribution in [2.75, 3.05) is 23.4 Å². The number of likely N-dealkylation sites (tertiary alicyclic amines) is 1. The van der Waals surface area contributed by atoms with Gasteiger partial charge in [-0.1, -0.05) is 35.0 Å². The van der Waals surface area contributed by atoms with Crippen molar-refractivity contribution in [1.82, 2.24) is 20.6 Å². The Morgan fingerprint density at radius 3 is 2.59 bits per heavy atom. The fourth-order valence-corrected chi connectivity index (χ4v) is 4.56. The molecule has 3 N–H and O–H groups in total. The number of carbonyl (C=O) groups excluding carboxylic acids is 3. The summed E-state index contributed by atoms with van der Waals surface area (Å²) in [7, 11) is 0. The Morgan fingerprint density at radius 1 is 1.19 bits per heavy atom. The second-order valence-corrected chi connectivity index (χ2v) is 9.03. The van der Waals surface area contributed by atoms with Gasteiger partial charge in [0.25, 0.3) is 5.91 Å². The van der Waals surface area contributed by atoms with Crippen LogP contribution in [0.5, 0.6) is 0 Å². The summed E-state index contributed by atoms with van der Waals surface area (Å²) in [6.07, 6.45) is -5.16. The summed E-state index contributed by atoms with van der Waals surface area (Å²) in [6, 6.07) is 8.97. The predicted octanol–water partition coefficient (Wildman–Crippen LogP) is 2.36. The molecule has 0 spiro atoms. The molecule has 3 aliphatic heterocycles. The maximum atomic E-state index is 13.2. The predicted molar refractivity (Wildman–Crippen MR) is 124 cm³/mol. The van der Waals surface area contributed by atoms with Crippen molar-refractivity contribution in [3.8, 4) is 0 Å². The second kappa shape index (κ2) is 8.88. The van der Waals surface area contributed by atoms with E-state index in [1.807, 2.05) is 0 Å². The molecule has 37 heavy (non-hydrogen) atoms. The number of hydrazine groups is 1. The summed E-state index contributed by atoms with van der Waals surface area (Å²) < 4.78 is 38.4. The van der Waals surface area contributed by atoms with Gasteiger partial charge in [-0.15, -0.1) is 0 Å². The van der Waals surface area contributed by atoms with Crippen LogP contribution >= 0.6 is 11.6 Å². The van der Waals surface area contributed by atoms with E-state index in [-0.39, 0.29) is 29.6 Å². The SMILES string of the molecule is C[C@@]1(C2=NO[C@H]3C(=O)N(CCNc4ncc(C(F)(F)F)cc4Cl)C(=O)[C@H]23)NC(=O)N(c2ccccc2)N1. The van der Waals surface area contributed by atoms with Crippen LogP contribution < -0.4 is 21.1 Å². The molecule has 194 valence electrons. The van der Waals surface area contributed by atoms with Crippen LogP contribution in [0.15, 0.2) is 47.8 Å². The third kappa shape index (κ3) is 4.31. The summed E-state index contributed by atoms with van der Waals surface area (Å²) in [6.45, 7) is 1.43. The summed E-state index contributed by atoms with van der Waals surface area (Å²) in [5.74, 6) is -2.32. The highest BCUT2D eigenvalue weighted by molar-refractivity contribution is 6.33. The Bertz CT molecular complexity index is 1310. The molecule has 3 atom stereocenters. The van der Waals surface area contributed by atoms with E-state index in [1.165, 1.54) is 5.01 Å². The fraction of sp³-hybridized carbons (Fsp3) is 0.318. The molecule has 2 saturated heterocycles. The highest BCUT2D eigenvalue weighted by Gasteiger charge is 2.61. The van der Waals surface area contributed by atoms with E-state index in [4.69, 9.17) is 16.4 Å². The lowest BCUT2D eigenvalue weighted by molar-refractivity contribution is -0.142. The number of fused-ring (bicyclic) bond motifs is 1. The van der Waals surface area contributed by atoms with E-state index < -0.39 is 47.3 Å². The third-order valence-corrected chi connectivity index (χ3v) is 6.41. The zero-order valence-corrected chi connectivity index (χ0v) is 19.8. The molecule has 0 aliphatic carbocycles. The van der Waals surface area contributed by atoms with Gasteiger partial charge < -0.3 is 15.5 Å². The van der Waals surface area contributed by atoms with Gasteiger partial charge in [-0.2, -0.15) is 18.6 Å². The van der Waals surface area contributed by atoms with E-state index >= 15 is 0 Å². The Kier molecular flexibility index (Phi) is 5.95. The molecule has 2 fully saturated rings. The van der Waals surface area contributed by atoms with Crippen LogP contribution in [0.25, 0.3) is 0 Å². The van der Waals surface area contributed by atoms with E-state index in [0.29, 0.717) is 11.9 Å². The van der Waals surface area contributed by atoms with Crippen molar-refractivity contribution in [1.29, 1.82) is 0 Å². The number of pyridine rings is 1. The van der Waals surface area contributed by atoms with E-state index in [9.17, 15) is 27.6 Å². The Hall–Kier alpha value is -3.91. The third-order valence-electron chi connectivity index (χ3n) is 6.12. The Morgan fingerprint density at radius 2 is 1.92 bits per heavy atom. The molecular weight excluding hydrogens is 519 g/mol. The zero-order valence-electron chi connectivity index (χ0n) is 19.0. The topological polar surface area (TPSA) is 128 Å². The van der Waals surface area contributed by atoms with Crippen LogP contribution in [-0.2, 0) is 20.6 Å². The lowest BCUT2D eigenvalue weighted by Crippen LogP contribution is -2.58. The van der Waals surface area contributed by atoms with E-state index in [0.717, 1.165) is 11.0 Å². The van der Waals surface area contributed by atoms with Crippen LogP contribution in [-0.4, -0.2) is 58.3 Å². The number of carbonyl (C=O) groups is 3. The smallest absolute Gasteiger partial charge is 0.381 e. The molecule has 15 heteroatoms. The minimum absolute atomic E-state index is 0.0289. The number of aromatic nitrogens is 1. The normalized spacial score (nSPS) is 25.2. The highest BCUT2D eigenvalue weighted by Crippen LogP contribution is 2.35. The number of hydrogen-bond donors (Lipinski definition) is 3. The molecule has 0 unspecified atom stereocenters. The van der Waals surface area contributed by atoms with Gasteiger partial charge in [0.15, 0.2) is 5.66 Å². The first-order valence-corrected chi connectivity index (χ1v) is 11.4. The molecule has 0 bridgehead atoms. The van der Waals surface area contributed by atoms with Crippen LogP contribution in [0.2, 0.25) is 5.02 Å². The van der Waals surface area contributed by atoms with Gasteiger partial charge in [0.05, 0.1) is 16.3 Å². The molecule has 5 rings (SSSR count). The van der Waals surface area contributed by atoms with Crippen molar-refractivity contribution >= 4 is 46.7 Å². The van der Waals surface area contributed by atoms with Crippen molar-refractivity contribution in [3.63, 3.8) is 0 Å². The monoisotopic (exact) mass is 537 g/mol. The number of nitrogens with one attached hydrogen (secondary N) is 3. The van der Waals surface area contributed by atoms with Gasteiger partial charge in [0.1, 0.15) is 17.4 Å². The fourth-order valence-electron chi connectivity index (χ4n) is 4.32. The molecule has 2 aromatic rings.